The van der Waals surface area contributed by atoms with Gasteiger partial charge in [-0.15, -0.1) is 0 Å². The van der Waals surface area contributed by atoms with Gasteiger partial charge in [0.25, 0.3) is 0 Å². The van der Waals surface area contributed by atoms with Crippen LogP contribution in [0.4, 0.5) is 0 Å². The number of nitrogens with zero attached hydrogens (tertiary/aromatic N) is 1. The molecule has 0 spiro atoms. The van der Waals surface area contributed by atoms with Crippen molar-refractivity contribution in [1.82, 2.24) is 4.57 Å². The Balaban J connectivity index is 1.95. The second-order valence-corrected chi connectivity index (χ2v) is 5.98. The third-order valence-electron chi connectivity index (χ3n) is 4.16. The zero-order valence-corrected chi connectivity index (χ0v) is 13.9. The van der Waals surface area contributed by atoms with Gasteiger partial charge in [0, 0.05) is 17.6 Å². The Morgan fingerprint density at radius 3 is 2.55 bits per heavy atom. The van der Waals surface area contributed by atoms with Crippen molar-refractivity contribution in [3.63, 3.8) is 0 Å². The van der Waals surface area contributed by atoms with Crippen LogP contribution in [0.5, 0.6) is 0 Å². The minimum absolute atomic E-state index is 0.628. The standard InChI is InChI=1S/C20H28N2/c1-3-4-5-6-7-8-9-12-15-22-17(2)16-19(21)18-13-10-11-14-20(18)22/h6-7,10-11,13-14,16,21H,3-5,8-9,12,15H2,1-2H3/b7-6+,21-19?. The van der Waals surface area contributed by atoms with Crippen LogP contribution in [0.2, 0.25) is 0 Å². The van der Waals surface area contributed by atoms with Crippen LogP contribution >= 0.6 is 0 Å². The van der Waals surface area contributed by atoms with Crippen LogP contribution in [-0.2, 0) is 6.54 Å². The molecule has 0 aliphatic heterocycles. The largest absolute Gasteiger partial charge is 0.345 e. The number of hydrogen-bond acceptors (Lipinski definition) is 1. The van der Waals surface area contributed by atoms with Gasteiger partial charge in [0.15, 0.2) is 0 Å². The highest BCUT2D eigenvalue weighted by molar-refractivity contribution is 5.78. The fraction of sp³-hybridized carbons (Fsp3) is 0.450. The van der Waals surface area contributed by atoms with E-state index in [0.717, 1.165) is 11.9 Å². The van der Waals surface area contributed by atoms with Crippen molar-refractivity contribution in [1.29, 1.82) is 5.41 Å². The molecular weight excluding hydrogens is 268 g/mol. The summed E-state index contributed by atoms with van der Waals surface area (Å²) in [5.74, 6) is 0. The monoisotopic (exact) mass is 296 g/mol. The van der Waals surface area contributed by atoms with Gasteiger partial charge in [0.2, 0.25) is 0 Å². The molecule has 0 unspecified atom stereocenters. The molecule has 0 saturated heterocycles. The molecule has 118 valence electrons. The third-order valence-corrected chi connectivity index (χ3v) is 4.16. The van der Waals surface area contributed by atoms with E-state index in [1.54, 1.807) is 0 Å². The van der Waals surface area contributed by atoms with Crippen LogP contribution in [0.3, 0.4) is 0 Å². The molecule has 1 aromatic carbocycles. The van der Waals surface area contributed by atoms with Gasteiger partial charge in [-0.1, -0.05) is 50.1 Å². The summed E-state index contributed by atoms with van der Waals surface area (Å²) in [6.45, 7) is 5.38. The molecule has 0 amide bonds. The Bertz CT molecular complexity index is 680. The summed E-state index contributed by atoms with van der Waals surface area (Å²) in [6, 6.07) is 10.2. The number of pyridine rings is 1. The molecule has 0 saturated carbocycles. The Hall–Kier alpha value is -1.83. The molecule has 0 aliphatic carbocycles. The fourth-order valence-electron chi connectivity index (χ4n) is 2.88. The summed E-state index contributed by atoms with van der Waals surface area (Å²) < 4.78 is 2.36. The quantitative estimate of drug-likeness (QED) is 0.503. The summed E-state index contributed by atoms with van der Waals surface area (Å²) in [4.78, 5) is 0. The van der Waals surface area contributed by atoms with E-state index in [2.05, 4.69) is 42.7 Å². The molecule has 0 aliphatic rings. The van der Waals surface area contributed by atoms with Crippen LogP contribution in [0.1, 0.15) is 51.1 Å². The van der Waals surface area contributed by atoms with Crippen molar-refractivity contribution in [3.8, 4) is 0 Å². The first kappa shape index (κ1) is 16.5. The molecule has 2 aromatic rings. The Morgan fingerprint density at radius 1 is 1.05 bits per heavy atom. The highest BCUT2D eigenvalue weighted by Gasteiger charge is 2.03. The molecule has 1 heterocycles. The van der Waals surface area contributed by atoms with Gasteiger partial charge in [-0.25, -0.2) is 0 Å². The van der Waals surface area contributed by atoms with E-state index < -0.39 is 0 Å². The van der Waals surface area contributed by atoms with E-state index in [-0.39, 0.29) is 0 Å². The first-order valence-corrected chi connectivity index (χ1v) is 8.53. The van der Waals surface area contributed by atoms with E-state index >= 15 is 0 Å². The molecule has 1 aromatic heterocycles. The Labute approximate surface area is 134 Å². The maximum absolute atomic E-state index is 8.10. The van der Waals surface area contributed by atoms with Crippen LogP contribution in [0.15, 0.2) is 42.5 Å². The summed E-state index contributed by atoms with van der Waals surface area (Å²) in [5, 5.41) is 9.78. The Morgan fingerprint density at radius 2 is 1.77 bits per heavy atom. The number of rotatable bonds is 8. The van der Waals surface area contributed by atoms with Crippen molar-refractivity contribution >= 4 is 10.9 Å². The van der Waals surface area contributed by atoms with Crippen molar-refractivity contribution in [2.24, 2.45) is 0 Å². The third kappa shape index (κ3) is 4.33. The van der Waals surface area contributed by atoms with Crippen molar-refractivity contribution in [3.05, 3.63) is 53.5 Å². The van der Waals surface area contributed by atoms with Crippen molar-refractivity contribution in [2.45, 2.75) is 58.9 Å². The van der Waals surface area contributed by atoms with Crippen molar-refractivity contribution in [2.75, 3.05) is 0 Å². The zero-order chi connectivity index (χ0) is 15.8. The molecule has 0 radical (unpaired) electrons. The van der Waals surface area contributed by atoms with E-state index in [4.69, 9.17) is 5.41 Å². The summed E-state index contributed by atoms with van der Waals surface area (Å²) in [6.07, 6.45) is 12.1. The van der Waals surface area contributed by atoms with Gasteiger partial charge in [-0.2, -0.15) is 0 Å². The summed E-state index contributed by atoms with van der Waals surface area (Å²) >= 11 is 0. The van der Waals surface area contributed by atoms with Gasteiger partial charge >= 0.3 is 0 Å². The number of aromatic nitrogens is 1. The highest BCUT2D eigenvalue weighted by Crippen LogP contribution is 2.14. The number of unbranched alkanes of at least 4 members (excludes halogenated alkanes) is 4. The normalized spacial score (nSPS) is 11.5. The summed E-state index contributed by atoms with van der Waals surface area (Å²) in [7, 11) is 0. The lowest BCUT2D eigenvalue weighted by molar-refractivity contribution is 0.614. The topological polar surface area (TPSA) is 28.8 Å². The molecule has 0 fully saturated rings. The Kier molecular flexibility index (Phi) is 6.45. The van der Waals surface area contributed by atoms with E-state index in [0.29, 0.717) is 5.36 Å². The second kappa shape index (κ2) is 8.57. The highest BCUT2D eigenvalue weighted by atomic mass is 15.0. The zero-order valence-electron chi connectivity index (χ0n) is 13.9. The first-order valence-electron chi connectivity index (χ1n) is 8.53. The van der Waals surface area contributed by atoms with Gasteiger partial charge in [-0.05, 0) is 44.7 Å². The van der Waals surface area contributed by atoms with Gasteiger partial charge in [-0.3, -0.25) is 0 Å². The lowest BCUT2D eigenvalue weighted by Gasteiger charge is -2.14. The molecule has 0 bridgehead atoms. The number of aryl methyl sites for hydroxylation is 2. The van der Waals surface area contributed by atoms with E-state index in [1.807, 2.05) is 18.2 Å². The smallest absolute Gasteiger partial charge is 0.0650 e. The predicted molar refractivity (Wildman–Crippen MR) is 95.0 cm³/mol. The number of nitrogens with one attached hydrogen (secondary N) is 1. The lowest BCUT2D eigenvalue weighted by Crippen LogP contribution is -2.12. The minimum Gasteiger partial charge on any atom is -0.345 e. The molecule has 2 rings (SSSR count). The van der Waals surface area contributed by atoms with Crippen LogP contribution in [-0.4, -0.2) is 4.57 Å². The minimum atomic E-state index is 0.628. The van der Waals surface area contributed by atoms with Crippen LogP contribution in [0.25, 0.3) is 10.9 Å². The molecular formula is C20H28N2. The van der Waals surface area contributed by atoms with Gasteiger partial charge in [0.05, 0.1) is 10.9 Å². The molecule has 1 N–H and O–H groups in total. The number of benzene rings is 1. The fourth-order valence-corrected chi connectivity index (χ4v) is 2.88. The maximum Gasteiger partial charge on any atom is 0.0650 e. The maximum atomic E-state index is 8.10. The molecule has 2 heteroatoms. The summed E-state index contributed by atoms with van der Waals surface area (Å²) in [5.41, 5.74) is 2.37. The molecule has 2 nitrogen and oxygen atoms in total. The number of fused-ring (bicyclic) bond motifs is 1. The second-order valence-electron chi connectivity index (χ2n) is 5.98. The van der Waals surface area contributed by atoms with Crippen LogP contribution in [0, 0.1) is 12.3 Å². The number of allylic oxidation sites excluding steroid dienone is 2. The van der Waals surface area contributed by atoms with E-state index in [1.165, 1.54) is 49.7 Å². The number of para-hydroxylation sites is 1. The average Bonchev–Trinajstić information content (AvgIpc) is 2.52. The molecule has 0 atom stereocenters. The molecule has 22 heavy (non-hydrogen) atoms. The van der Waals surface area contributed by atoms with Crippen LogP contribution < -0.4 is 5.36 Å². The average molecular weight is 296 g/mol. The van der Waals surface area contributed by atoms with E-state index in [9.17, 15) is 0 Å². The first-order chi connectivity index (χ1) is 10.7. The lowest BCUT2D eigenvalue weighted by atomic mass is 10.1. The SMILES string of the molecule is CCCC/C=C/CCCCn1c(C)cc(=N)c2ccccc21. The predicted octanol–water partition coefficient (Wildman–Crippen LogP) is 5.35. The van der Waals surface area contributed by atoms with Gasteiger partial charge < -0.3 is 9.98 Å². The van der Waals surface area contributed by atoms with Crippen molar-refractivity contribution < 1.29 is 0 Å². The number of hydrogen-bond donors (Lipinski definition) is 1. The van der Waals surface area contributed by atoms with Gasteiger partial charge in [0.1, 0.15) is 0 Å².